The third-order valence-electron chi connectivity index (χ3n) is 4.77. The predicted octanol–water partition coefficient (Wildman–Crippen LogP) is 3.30. The largest absolute Gasteiger partial charge is 0.344 e. The summed E-state index contributed by atoms with van der Waals surface area (Å²) in [5, 5.41) is 5.77. The molecule has 24 heavy (non-hydrogen) atoms. The molecule has 1 fully saturated rings. The summed E-state index contributed by atoms with van der Waals surface area (Å²) in [6.45, 7) is 7.99. The van der Waals surface area contributed by atoms with Gasteiger partial charge in [-0.25, -0.2) is 4.98 Å². The number of rotatable bonds is 5. The van der Waals surface area contributed by atoms with Crippen molar-refractivity contribution in [3.8, 4) is 0 Å². The summed E-state index contributed by atoms with van der Waals surface area (Å²) in [4.78, 5) is 29.4. The maximum atomic E-state index is 12.6. The SMILES string of the molecule is Cc1cccc(NC(=O)C(NC(=O)C2CCC(C)CC2)C(C)C)n1. The molecule has 1 aliphatic rings. The highest BCUT2D eigenvalue weighted by molar-refractivity contribution is 5.97. The summed E-state index contributed by atoms with van der Waals surface area (Å²) in [5.74, 6) is 1.07. The van der Waals surface area contributed by atoms with Gasteiger partial charge in [0.05, 0.1) is 0 Å². The molecular formula is C19H29N3O2. The van der Waals surface area contributed by atoms with Crippen LogP contribution in [0.1, 0.15) is 52.1 Å². The predicted molar refractivity (Wildman–Crippen MR) is 95.5 cm³/mol. The van der Waals surface area contributed by atoms with E-state index in [1.165, 1.54) is 0 Å². The van der Waals surface area contributed by atoms with Crippen molar-refractivity contribution in [1.82, 2.24) is 10.3 Å². The van der Waals surface area contributed by atoms with Gasteiger partial charge in [0.2, 0.25) is 11.8 Å². The molecule has 5 heteroatoms. The lowest BCUT2D eigenvalue weighted by Crippen LogP contribution is -2.49. The van der Waals surface area contributed by atoms with Crippen LogP contribution in [0.15, 0.2) is 18.2 Å². The number of amides is 2. The molecule has 5 nitrogen and oxygen atoms in total. The number of aryl methyl sites for hydroxylation is 1. The third-order valence-corrected chi connectivity index (χ3v) is 4.77. The monoisotopic (exact) mass is 331 g/mol. The van der Waals surface area contributed by atoms with Crippen molar-refractivity contribution in [2.24, 2.45) is 17.8 Å². The number of nitrogens with one attached hydrogen (secondary N) is 2. The molecule has 1 heterocycles. The molecule has 1 aromatic heterocycles. The Labute approximate surface area is 144 Å². The van der Waals surface area contributed by atoms with Crippen molar-refractivity contribution in [2.75, 3.05) is 5.32 Å². The van der Waals surface area contributed by atoms with Gasteiger partial charge in [-0.05, 0) is 56.6 Å². The van der Waals surface area contributed by atoms with Gasteiger partial charge in [0.1, 0.15) is 11.9 Å². The van der Waals surface area contributed by atoms with Gasteiger partial charge in [-0.15, -0.1) is 0 Å². The van der Waals surface area contributed by atoms with Crippen LogP contribution >= 0.6 is 0 Å². The van der Waals surface area contributed by atoms with E-state index in [9.17, 15) is 9.59 Å². The Hall–Kier alpha value is -1.91. The zero-order valence-electron chi connectivity index (χ0n) is 15.1. The van der Waals surface area contributed by atoms with Gasteiger partial charge in [-0.3, -0.25) is 9.59 Å². The number of carbonyl (C=O) groups is 2. The second-order valence-corrected chi connectivity index (χ2v) is 7.34. The fourth-order valence-corrected chi connectivity index (χ4v) is 3.14. The quantitative estimate of drug-likeness (QED) is 0.869. The van der Waals surface area contributed by atoms with E-state index < -0.39 is 6.04 Å². The molecule has 1 atom stereocenters. The summed E-state index contributed by atoms with van der Waals surface area (Å²) in [5.41, 5.74) is 0.842. The molecule has 1 aromatic rings. The Bertz CT molecular complexity index is 578. The molecule has 0 bridgehead atoms. The van der Waals surface area contributed by atoms with E-state index in [0.717, 1.165) is 31.4 Å². The minimum Gasteiger partial charge on any atom is -0.344 e. The fraction of sp³-hybridized carbons (Fsp3) is 0.632. The first-order chi connectivity index (χ1) is 11.4. The van der Waals surface area contributed by atoms with Crippen LogP contribution in [0.2, 0.25) is 0 Å². The molecule has 1 unspecified atom stereocenters. The maximum absolute atomic E-state index is 12.6. The number of pyridine rings is 1. The first-order valence-electron chi connectivity index (χ1n) is 8.91. The highest BCUT2D eigenvalue weighted by atomic mass is 16.2. The highest BCUT2D eigenvalue weighted by Crippen LogP contribution is 2.28. The van der Waals surface area contributed by atoms with Gasteiger partial charge in [0.25, 0.3) is 0 Å². The van der Waals surface area contributed by atoms with Gasteiger partial charge in [-0.2, -0.15) is 0 Å². The van der Waals surface area contributed by atoms with E-state index in [1.807, 2.05) is 32.9 Å². The lowest BCUT2D eigenvalue weighted by atomic mass is 9.82. The number of hydrogen-bond acceptors (Lipinski definition) is 3. The molecule has 0 spiro atoms. The molecule has 0 radical (unpaired) electrons. The van der Waals surface area contributed by atoms with E-state index in [-0.39, 0.29) is 23.7 Å². The number of anilines is 1. The topological polar surface area (TPSA) is 71.1 Å². The Morgan fingerprint density at radius 1 is 1.17 bits per heavy atom. The molecular weight excluding hydrogens is 302 g/mol. The van der Waals surface area contributed by atoms with Crippen LogP contribution in [0.4, 0.5) is 5.82 Å². The molecule has 1 aliphatic carbocycles. The third kappa shape index (κ3) is 5.05. The first kappa shape index (κ1) is 18.4. The van der Waals surface area contributed by atoms with E-state index in [4.69, 9.17) is 0 Å². The van der Waals surface area contributed by atoms with Crippen LogP contribution < -0.4 is 10.6 Å². The minimum atomic E-state index is -0.542. The second-order valence-electron chi connectivity index (χ2n) is 7.34. The van der Waals surface area contributed by atoms with Crippen LogP contribution in [-0.2, 0) is 9.59 Å². The van der Waals surface area contributed by atoms with Gasteiger partial charge < -0.3 is 10.6 Å². The Morgan fingerprint density at radius 3 is 2.42 bits per heavy atom. The molecule has 0 saturated heterocycles. The summed E-state index contributed by atoms with van der Waals surface area (Å²) < 4.78 is 0. The number of aromatic nitrogens is 1. The van der Waals surface area contributed by atoms with Gasteiger partial charge in [0, 0.05) is 11.6 Å². The van der Waals surface area contributed by atoms with Crippen molar-refractivity contribution in [1.29, 1.82) is 0 Å². The summed E-state index contributed by atoms with van der Waals surface area (Å²) in [6.07, 6.45) is 4.01. The first-order valence-corrected chi connectivity index (χ1v) is 8.91. The Kier molecular flexibility index (Phi) is 6.35. The number of carbonyl (C=O) groups excluding carboxylic acids is 2. The van der Waals surface area contributed by atoms with E-state index >= 15 is 0 Å². The molecule has 2 rings (SSSR count). The van der Waals surface area contributed by atoms with Gasteiger partial charge >= 0.3 is 0 Å². The summed E-state index contributed by atoms with van der Waals surface area (Å²) >= 11 is 0. The average Bonchev–Trinajstić information content (AvgIpc) is 2.52. The van der Waals surface area contributed by atoms with Crippen molar-refractivity contribution in [3.05, 3.63) is 23.9 Å². The molecule has 2 N–H and O–H groups in total. The lowest BCUT2D eigenvalue weighted by molar-refractivity contribution is -0.131. The number of nitrogens with zero attached hydrogens (tertiary/aromatic N) is 1. The van der Waals surface area contributed by atoms with Crippen LogP contribution in [0.25, 0.3) is 0 Å². The van der Waals surface area contributed by atoms with Crippen LogP contribution in [0.3, 0.4) is 0 Å². The standard InChI is InChI=1S/C19H29N3O2/c1-12(2)17(19(24)21-16-7-5-6-14(4)20-16)22-18(23)15-10-8-13(3)9-11-15/h5-7,12-13,15,17H,8-11H2,1-4H3,(H,22,23)(H,20,21,24). The average molecular weight is 331 g/mol. The zero-order chi connectivity index (χ0) is 17.7. The van der Waals surface area contributed by atoms with Crippen molar-refractivity contribution in [3.63, 3.8) is 0 Å². The van der Waals surface area contributed by atoms with Crippen LogP contribution in [0, 0.1) is 24.7 Å². The van der Waals surface area contributed by atoms with Crippen molar-refractivity contribution < 1.29 is 9.59 Å². The van der Waals surface area contributed by atoms with Crippen molar-refractivity contribution in [2.45, 2.75) is 59.4 Å². The summed E-state index contributed by atoms with van der Waals surface area (Å²) in [7, 11) is 0. The van der Waals surface area contributed by atoms with E-state index in [0.29, 0.717) is 11.7 Å². The molecule has 0 aromatic carbocycles. The van der Waals surface area contributed by atoms with Gasteiger partial charge in [-0.1, -0.05) is 26.8 Å². The highest BCUT2D eigenvalue weighted by Gasteiger charge is 2.30. The zero-order valence-corrected chi connectivity index (χ0v) is 15.1. The maximum Gasteiger partial charge on any atom is 0.248 e. The summed E-state index contributed by atoms with van der Waals surface area (Å²) in [6, 6.07) is 4.94. The van der Waals surface area contributed by atoms with Crippen LogP contribution in [-0.4, -0.2) is 22.8 Å². The molecule has 0 aliphatic heterocycles. The minimum absolute atomic E-state index is 0.00736. The number of hydrogen-bond donors (Lipinski definition) is 2. The normalized spacial score (nSPS) is 22.0. The Morgan fingerprint density at radius 2 is 1.83 bits per heavy atom. The fourth-order valence-electron chi connectivity index (χ4n) is 3.14. The molecule has 1 saturated carbocycles. The lowest BCUT2D eigenvalue weighted by Gasteiger charge is -2.28. The molecule has 132 valence electrons. The second kappa shape index (κ2) is 8.27. The Balaban J connectivity index is 1.98. The van der Waals surface area contributed by atoms with Crippen LogP contribution in [0.5, 0.6) is 0 Å². The van der Waals surface area contributed by atoms with Gasteiger partial charge in [0.15, 0.2) is 0 Å². The molecule has 2 amide bonds. The van der Waals surface area contributed by atoms with Crippen molar-refractivity contribution >= 4 is 17.6 Å². The van der Waals surface area contributed by atoms with E-state index in [1.54, 1.807) is 6.07 Å². The smallest absolute Gasteiger partial charge is 0.248 e. The van der Waals surface area contributed by atoms with E-state index in [2.05, 4.69) is 22.5 Å².